The molecule has 0 aromatic rings. The van der Waals surface area contributed by atoms with Crippen LogP contribution in [0.4, 0.5) is 0 Å². The van der Waals surface area contributed by atoms with Gasteiger partial charge < -0.3 is 10.6 Å². The predicted octanol–water partition coefficient (Wildman–Crippen LogP) is 1.95. The van der Waals surface area contributed by atoms with E-state index < -0.39 is 0 Å². The smallest absolute Gasteiger partial charge is 0.0132 e. The van der Waals surface area contributed by atoms with Gasteiger partial charge in [0.2, 0.25) is 0 Å². The van der Waals surface area contributed by atoms with E-state index in [1.165, 1.54) is 12.8 Å². The second-order valence-electron chi connectivity index (χ2n) is 4.56. The zero-order valence-electron chi connectivity index (χ0n) is 9.88. The summed E-state index contributed by atoms with van der Waals surface area (Å²) in [5.41, 5.74) is 5.77. The van der Waals surface area contributed by atoms with Crippen molar-refractivity contribution in [2.45, 2.75) is 39.7 Å². The molecule has 0 aromatic carbocycles. The molecule has 0 saturated carbocycles. The summed E-state index contributed by atoms with van der Waals surface area (Å²) in [5, 5.41) is 0. The standard InChI is InChI=1S/C11H26N2/c1-6-10(8-12)11(13(4)5)7-9(2)3/h9-11H,6-8,12H2,1-5H3. The highest BCUT2D eigenvalue weighted by atomic mass is 15.1. The molecule has 0 aromatic heterocycles. The lowest BCUT2D eigenvalue weighted by atomic mass is 9.89. The zero-order chi connectivity index (χ0) is 10.4. The van der Waals surface area contributed by atoms with Crippen molar-refractivity contribution in [1.29, 1.82) is 0 Å². The van der Waals surface area contributed by atoms with Crippen molar-refractivity contribution in [2.24, 2.45) is 17.6 Å². The van der Waals surface area contributed by atoms with Gasteiger partial charge in [-0.1, -0.05) is 27.2 Å². The summed E-state index contributed by atoms with van der Waals surface area (Å²) >= 11 is 0. The summed E-state index contributed by atoms with van der Waals surface area (Å²) in [4.78, 5) is 2.32. The molecular weight excluding hydrogens is 160 g/mol. The topological polar surface area (TPSA) is 29.3 Å². The molecule has 0 spiro atoms. The minimum atomic E-state index is 0.648. The normalized spacial score (nSPS) is 16.6. The maximum Gasteiger partial charge on any atom is 0.0132 e. The lowest BCUT2D eigenvalue weighted by Crippen LogP contribution is -2.39. The van der Waals surface area contributed by atoms with Crippen molar-refractivity contribution in [3.05, 3.63) is 0 Å². The van der Waals surface area contributed by atoms with Gasteiger partial charge >= 0.3 is 0 Å². The van der Waals surface area contributed by atoms with E-state index in [2.05, 4.69) is 39.8 Å². The van der Waals surface area contributed by atoms with Crippen LogP contribution in [-0.4, -0.2) is 31.6 Å². The summed E-state index contributed by atoms with van der Waals surface area (Å²) in [6.45, 7) is 7.60. The Hall–Kier alpha value is -0.0800. The molecule has 0 rings (SSSR count). The van der Waals surface area contributed by atoms with E-state index in [1.54, 1.807) is 0 Å². The van der Waals surface area contributed by atoms with Crippen LogP contribution < -0.4 is 5.73 Å². The fourth-order valence-electron chi connectivity index (χ4n) is 1.90. The summed E-state index contributed by atoms with van der Waals surface area (Å²) in [7, 11) is 4.32. The van der Waals surface area contributed by atoms with Crippen LogP contribution in [0.2, 0.25) is 0 Å². The first-order chi connectivity index (χ1) is 6.02. The minimum Gasteiger partial charge on any atom is -0.330 e. The molecule has 2 unspecified atom stereocenters. The Morgan fingerprint density at radius 2 is 1.77 bits per heavy atom. The van der Waals surface area contributed by atoms with E-state index in [9.17, 15) is 0 Å². The van der Waals surface area contributed by atoms with Crippen molar-refractivity contribution in [3.8, 4) is 0 Å². The molecule has 2 nitrogen and oxygen atoms in total. The highest BCUT2D eigenvalue weighted by Crippen LogP contribution is 2.19. The third kappa shape index (κ3) is 4.63. The maximum atomic E-state index is 5.77. The average molecular weight is 186 g/mol. The molecule has 0 saturated heterocycles. The Labute approximate surface area is 83.5 Å². The van der Waals surface area contributed by atoms with Gasteiger partial charge in [0.1, 0.15) is 0 Å². The highest BCUT2D eigenvalue weighted by molar-refractivity contribution is 4.77. The second-order valence-corrected chi connectivity index (χ2v) is 4.56. The van der Waals surface area contributed by atoms with Gasteiger partial charge in [-0.05, 0) is 38.9 Å². The average Bonchev–Trinajstić information content (AvgIpc) is 2.04. The van der Waals surface area contributed by atoms with Crippen LogP contribution in [0.5, 0.6) is 0 Å². The number of nitrogens with two attached hydrogens (primary N) is 1. The first-order valence-corrected chi connectivity index (χ1v) is 5.39. The zero-order valence-corrected chi connectivity index (χ0v) is 9.88. The molecule has 0 bridgehead atoms. The monoisotopic (exact) mass is 186 g/mol. The maximum absolute atomic E-state index is 5.77. The Balaban J connectivity index is 4.21. The summed E-state index contributed by atoms with van der Waals surface area (Å²) in [6, 6.07) is 0.648. The first kappa shape index (κ1) is 12.9. The van der Waals surface area contributed by atoms with Crippen LogP contribution in [0, 0.1) is 11.8 Å². The molecule has 13 heavy (non-hydrogen) atoms. The molecule has 0 aliphatic rings. The number of hydrogen-bond acceptors (Lipinski definition) is 2. The van der Waals surface area contributed by atoms with E-state index in [4.69, 9.17) is 5.73 Å². The lowest BCUT2D eigenvalue weighted by Gasteiger charge is -2.32. The van der Waals surface area contributed by atoms with E-state index in [0.717, 1.165) is 12.5 Å². The molecule has 0 aliphatic heterocycles. The van der Waals surface area contributed by atoms with Gasteiger partial charge in [0.25, 0.3) is 0 Å². The fourth-order valence-corrected chi connectivity index (χ4v) is 1.90. The summed E-state index contributed by atoms with van der Waals surface area (Å²) in [6.07, 6.45) is 2.44. The van der Waals surface area contributed by atoms with Gasteiger partial charge in [-0.2, -0.15) is 0 Å². The van der Waals surface area contributed by atoms with Crippen molar-refractivity contribution in [3.63, 3.8) is 0 Å². The van der Waals surface area contributed by atoms with Crippen molar-refractivity contribution in [2.75, 3.05) is 20.6 Å². The molecule has 0 heterocycles. The first-order valence-electron chi connectivity index (χ1n) is 5.39. The van der Waals surface area contributed by atoms with Crippen molar-refractivity contribution < 1.29 is 0 Å². The highest BCUT2D eigenvalue weighted by Gasteiger charge is 2.21. The van der Waals surface area contributed by atoms with Crippen LogP contribution in [0.1, 0.15) is 33.6 Å². The Morgan fingerprint density at radius 1 is 1.23 bits per heavy atom. The molecule has 2 atom stereocenters. The van der Waals surface area contributed by atoms with Gasteiger partial charge in [0, 0.05) is 6.04 Å². The SMILES string of the molecule is CCC(CN)C(CC(C)C)N(C)C. The Bertz CT molecular complexity index is 117. The van der Waals surface area contributed by atoms with E-state index >= 15 is 0 Å². The number of rotatable bonds is 6. The van der Waals surface area contributed by atoms with Gasteiger partial charge in [-0.15, -0.1) is 0 Å². The van der Waals surface area contributed by atoms with Crippen molar-refractivity contribution >= 4 is 0 Å². The molecule has 2 N–H and O–H groups in total. The molecule has 80 valence electrons. The third-order valence-corrected chi connectivity index (χ3v) is 2.75. The summed E-state index contributed by atoms with van der Waals surface area (Å²) in [5.74, 6) is 1.41. The van der Waals surface area contributed by atoms with E-state index in [1.807, 2.05) is 0 Å². The minimum absolute atomic E-state index is 0.648. The van der Waals surface area contributed by atoms with Gasteiger partial charge in [-0.3, -0.25) is 0 Å². The quantitative estimate of drug-likeness (QED) is 0.687. The molecule has 0 aliphatic carbocycles. The lowest BCUT2D eigenvalue weighted by molar-refractivity contribution is 0.179. The fraction of sp³-hybridized carbons (Fsp3) is 1.00. The molecule has 0 amide bonds. The van der Waals surface area contributed by atoms with Crippen LogP contribution in [0.25, 0.3) is 0 Å². The summed E-state index contributed by atoms with van der Waals surface area (Å²) < 4.78 is 0. The molecule has 2 heteroatoms. The van der Waals surface area contributed by atoms with E-state index in [-0.39, 0.29) is 0 Å². The Morgan fingerprint density at radius 3 is 2.00 bits per heavy atom. The van der Waals surface area contributed by atoms with Crippen LogP contribution in [-0.2, 0) is 0 Å². The van der Waals surface area contributed by atoms with Crippen LogP contribution in [0.3, 0.4) is 0 Å². The number of hydrogen-bond donors (Lipinski definition) is 1. The molecular formula is C11H26N2. The van der Waals surface area contributed by atoms with Gasteiger partial charge in [0.15, 0.2) is 0 Å². The van der Waals surface area contributed by atoms with Crippen LogP contribution >= 0.6 is 0 Å². The number of nitrogens with zero attached hydrogens (tertiary/aromatic N) is 1. The Kier molecular flexibility index (Phi) is 6.35. The van der Waals surface area contributed by atoms with Crippen molar-refractivity contribution in [1.82, 2.24) is 4.90 Å². The van der Waals surface area contributed by atoms with Gasteiger partial charge in [-0.25, -0.2) is 0 Å². The largest absolute Gasteiger partial charge is 0.330 e. The second kappa shape index (κ2) is 6.39. The van der Waals surface area contributed by atoms with E-state index in [0.29, 0.717) is 12.0 Å². The molecule has 0 fully saturated rings. The third-order valence-electron chi connectivity index (χ3n) is 2.75. The molecule has 0 radical (unpaired) electrons. The van der Waals surface area contributed by atoms with Gasteiger partial charge in [0.05, 0.1) is 0 Å². The predicted molar refractivity (Wildman–Crippen MR) is 59.8 cm³/mol. The van der Waals surface area contributed by atoms with Crippen LogP contribution in [0.15, 0.2) is 0 Å².